The lowest BCUT2D eigenvalue weighted by molar-refractivity contribution is 0.0797. The van der Waals surface area contributed by atoms with Crippen molar-refractivity contribution in [3.05, 3.63) is 52.8 Å². The number of hydrogen-bond acceptors (Lipinski definition) is 3. The highest BCUT2D eigenvalue weighted by Gasteiger charge is 2.28. The summed E-state index contributed by atoms with van der Waals surface area (Å²) in [5, 5.41) is 8.07. The first-order chi connectivity index (χ1) is 12.5. The molecule has 1 aliphatic heterocycles. The lowest BCUT2D eigenvalue weighted by Crippen LogP contribution is -2.53. The van der Waals surface area contributed by atoms with Crippen LogP contribution in [-0.2, 0) is 6.54 Å². The second-order valence-corrected chi connectivity index (χ2v) is 7.97. The van der Waals surface area contributed by atoms with Crippen LogP contribution in [0.1, 0.15) is 49.0 Å². The number of halogens is 1. The topological polar surface area (TPSA) is 50.2 Å². The number of piperidine rings is 1. The van der Waals surface area contributed by atoms with Gasteiger partial charge in [-0.1, -0.05) is 36.2 Å². The summed E-state index contributed by atoms with van der Waals surface area (Å²) in [5.41, 5.74) is 1.52. The molecule has 3 rings (SSSR count). The first kappa shape index (κ1) is 18.9. The summed E-state index contributed by atoms with van der Waals surface area (Å²) >= 11 is 6.19. The Kier molecular flexibility index (Phi) is 5.99. The van der Waals surface area contributed by atoms with Gasteiger partial charge in [0.1, 0.15) is 0 Å². The third kappa shape index (κ3) is 4.65. The standard InChI is InChI=1S/C20H27ClN4O/c1-20(2,24-10-6-3-7-11-24)15-22-19(26)17-12-23-25(14-17)13-16-8-4-5-9-18(16)21/h4-5,8-9,12,14H,3,6-7,10-11,13,15H2,1-2H3,(H,22,26). The van der Waals surface area contributed by atoms with Crippen molar-refractivity contribution in [3.63, 3.8) is 0 Å². The molecule has 1 aromatic heterocycles. The predicted molar refractivity (Wildman–Crippen MR) is 105 cm³/mol. The molecule has 0 saturated carbocycles. The summed E-state index contributed by atoms with van der Waals surface area (Å²) in [5.74, 6) is -0.0829. The fourth-order valence-electron chi connectivity index (χ4n) is 3.38. The van der Waals surface area contributed by atoms with Gasteiger partial charge in [-0.2, -0.15) is 5.10 Å². The maximum absolute atomic E-state index is 12.5. The van der Waals surface area contributed by atoms with E-state index in [1.807, 2.05) is 24.3 Å². The van der Waals surface area contributed by atoms with Crippen LogP contribution < -0.4 is 5.32 Å². The van der Waals surface area contributed by atoms with Crippen LogP contribution in [0.2, 0.25) is 5.02 Å². The lowest BCUT2D eigenvalue weighted by atomic mass is 9.98. The number of rotatable bonds is 6. The van der Waals surface area contributed by atoms with Gasteiger partial charge in [-0.3, -0.25) is 14.4 Å². The summed E-state index contributed by atoms with van der Waals surface area (Å²) in [6.07, 6.45) is 7.18. The molecule has 26 heavy (non-hydrogen) atoms. The van der Waals surface area contributed by atoms with Crippen molar-refractivity contribution in [2.24, 2.45) is 0 Å². The highest BCUT2D eigenvalue weighted by atomic mass is 35.5. The molecule has 0 spiro atoms. The highest BCUT2D eigenvalue weighted by molar-refractivity contribution is 6.31. The van der Waals surface area contributed by atoms with Crippen molar-refractivity contribution in [1.82, 2.24) is 20.0 Å². The Morgan fingerprint density at radius 1 is 1.23 bits per heavy atom. The molecule has 2 aromatic rings. The minimum absolute atomic E-state index is 0.0381. The quantitative estimate of drug-likeness (QED) is 0.840. The second kappa shape index (κ2) is 8.23. The molecule has 1 aromatic carbocycles. The molecule has 1 N–H and O–H groups in total. The van der Waals surface area contributed by atoms with Crippen LogP contribution in [0.5, 0.6) is 0 Å². The van der Waals surface area contributed by atoms with Crippen LogP contribution in [-0.4, -0.2) is 45.8 Å². The Morgan fingerprint density at radius 2 is 1.96 bits per heavy atom. The van der Waals surface area contributed by atoms with E-state index in [0.717, 1.165) is 18.7 Å². The molecule has 1 fully saturated rings. The number of nitrogens with zero attached hydrogens (tertiary/aromatic N) is 3. The summed E-state index contributed by atoms with van der Waals surface area (Å²) in [6, 6.07) is 7.67. The molecule has 0 bridgehead atoms. The number of amides is 1. The fourth-order valence-corrected chi connectivity index (χ4v) is 3.57. The summed E-state index contributed by atoms with van der Waals surface area (Å²) < 4.78 is 1.74. The molecular weight excluding hydrogens is 348 g/mol. The molecule has 2 heterocycles. The van der Waals surface area contributed by atoms with Gasteiger partial charge in [0.25, 0.3) is 5.91 Å². The normalized spacial score (nSPS) is 15.8. The predicted octanol–water partition coefficient (Wildman–Crippen LogP) is 3.58. The average molecular weight is 375 g/mol. The van der Waals surface area contributed by atoms with Crippen LogP contribution in [0, 0.1) is 0 Å². The molecule has 5 nitrogen and oxygen atoms in total. The van der Waals surface area contributed by atoms with Gasteiger partial charge in [-0.05, 0) is 51.4 Å². The monoisotopic (exact) mass is 374 g/mol. The first-order valence-electron chi connectivity index (χ1n) is 9.25. The fraction of sp³-hybridized carbons (Fsp3) is 0.500. The molecule has 0 aliphatic carbocycles. The number of aromatic nitrogens is 2. The van der Waals surface area contributed by atoms with Gasteiger partial charge in [-0.15, -0.1) is 0 Å². The van der Waals surface area contributed by atoms with E-state index in [-0.39, 0.29) is 11.4 Å². The smallest absolute Gasteiger partial charge is 0.254 e. The maximum Gasteiger partial charge on any atom is 0.254 e. The Labute approximate surface area is 160 Å². The van der Waals surface area contributed by atoms with Crippen molar-refractivity contribution in [1.29, 1.82) is 0 Å². The number of hydrogen-bond donors (Lipinski definition) is 1. The van der Waals surface area contributed by atoms with Gasteiger partial charge in [0.2, 0.25) is 0 Å². The Bertz CT molecular complexity index is 750. The van der Waals surface area contributed by atoms with Gasteiger partial charge in [-0.25, -0.2) is 0 Å². The van der Waals surface area contributed by atoms with Crippen molar-refractivity contribution in [2.75, 3.05) is 19.6 Å². The van der Waals surface area contributed by atoms with E-state index < -0.39 is 0 Å². The van der Waals surface area contributed by atoms with Crippen molar-refractivity contribution in [3.8, 4) is 0 Å². The van der Waals surface area contributed by atoms with E-state index in [4.69, 9.17) is 11.6 Å². The average Bonchev–Trinajstić information content (AvgIpc) is 3.11. The van der Waals surface area contributed by atoms with E-state index in [0.29, 0.717) is 23.7 Å². The summed E-state index contributed by atoms with van der Waals surface area (Å²) in [4.78, 5) is 15.0. The molecule has 1 aliphatic rings. The lowest BCUT2D eigenvalue weighted by Gasteiger charge is -2.41. The molecular formula is C20H27ClN4O. The molecule has 1 amide bonds. The van der Waals surface area contributed by atoms with Gasteiger partial charge < -0.3 is 5.32 Å². The largest absolute Gasteiger partial charge is 0.350 e. The Balaban J connectivity index is 1.57. The van der Waals surface area contributed by atoms with Crippen molar-refractivity contribution < 1.29 is 4.79 Å². The molecule has 0 unspecified atom stereocenters. The Morgan fingerprint density at radius 3 is 2.69 bits per heavy atom. The van der Waals surface area contributed by atoms with Crippen LogP contribution in [0.3, 0.4) is 0 Å². The second-order valence-electron chi connectivity index (χ2n) is 7.56. The molecule has 140 valence electrons. The zero-order chi connectivity index (χ0) is 18.6. The minimum Gasteiger partial charge on any atom is -0.350 e. The maximum atomic E-state index is 12.5. The minimum atomic E-state index is -0.0829. The van der Waals surface area contributed by atoms with Crippen molar-refractivity contribution >= 4 is 17.5 Å². The van der Waals surface area contributed by atoms with Crippen molar-refractivity contribution in [2.45, 2.75) is 45.2 Å². The van der Waals surface area contributed by atoms with Gasteiger partial charge >= 0.3 is 0 Å². The van der Waals surface area contributed by atoms with Gasteiger partial charge in [0, 0.05) is 23.3 Å². The van der Waals surface area contributed by atoms with Crippen LogP contribution in [0.4, 0.5) is 0 Å². The number of carbonyl (C=O) groups is 1. The number of nitrogens with one attached hydrogen (secondary N) is 1. The molecule has 0 radical (unpaired) electrons. The van der Waals surface area contributed by atoms with Gasteiger partial charge in [0.15, 0.2) is 0 Å². The number of benzene rings is 1. The van der Waals surface area contributed by atoms with Crippen LogP contribution in [0.25, 0.3) is 0 Å². The third-order valence-electron chi connectivity index (χ3n) is 5.08. The summed E-state index contributed by atoms with van der Waals surface area (Å²) in [6.45, 7) is 7.78. The van der Waals surface area contributed by atoms with E-state index in [1.54, 1.807) is 17.1 Å². The van der Waals surface area contributed by atoms with E-state index in [2.05, 4.69) is 29.2 Å². The molecule has 0 atom stereocenters. The van der Waals surface area contributed by atoms with Crippen LogP contribution >= 0.6 is 11.6 Å². The number of likely N-dealkylation sites (tertiary alicyclic amines) is 1. The number of carbonyl (C=O) groups excluding carboxylic acids is 1. The van der Waals surface area contributed by atoms with E-state index >= 15 is 0 Å². The third-order valence-corrected chi connectivity index (χ3v) is 5.45. The zero-order valence-electron chi connectivity index (χ0n) is 15.5. The van der Waals surface area contributed by atoms with E-state index in [9.17, 15) is 4.79 Å². The zero-order valence-corrected chi connectivity index (χ0v) is 16.3. The van der Waals surface area contributed by atoms with E-state index in [1.165, 1.54) is 19.3 Å². The first-order valence-corrected chi connectivity index (χ1v) is 9.63. The van der Waals surface area contributed by atoms with Gasteiger partial charge in [0.05, 0.1) is 18.3 Å². The van der Waals surface area contributed by atoms with Crippen LogP contribution in [0.15, 0.2) is 36.7 Å². The Hall–Kier alpha value is -1.85. The summed E-state index contributed by atoms with van der Waals surface area (Å²) in [7, 11) is 0. The SMILES string of the molecule is CC(C)(CNC(=O)c1cnn(Cc2ccccc2Cl)c1)N1CCCCC1. The molecule has 1 saturated heterocycles. The molecule has 6 heteroatoms. The highest BCUT2D eigenvalue weighted by Crippen LogP contribution is 2.20.